The van der Waals surface area contributed by atoms with Crippen molar-refractivity contribution in [1.29, 1.82) is 0 Å². The molecule has 1 aromatic carbocycles. The molecule has 0 bridgehead atoms. The second kappa shape index (κ2) is 8.27. The quantitative estimate of drug-likeness (QED) is 0.618. The third-order valence-corrected chi connectivity index (χ3v) is 7.58. The van der Waals surface area contributed by atoms with Crippen LogP contribution in [0.15, 0.2) is 18.2 Å². The van der Waals surface area contributed by atoms with E-state index in [-0.39, 0.29) is 23.1 Å². The molecule has 2 saturated carbocycles. The van der Waals surface area contributed by atoms with Gasteiger partial charge in [0, 0.05) is 17.6 Å². The van der Waals surface area contributed by atoms with Gasteiger partial charge in [0.25, 0.3) is 5.91 Å². The topological polar surface area (TPSA) is 75.3 Å². The average molecular weight is 433 g/mol. The van der Waals surface area contributed by atoms with E-state index in [1.54, 1.807) is 18.2 Å². The Hall–Kier alpha value is -0.820. The van der Waals surface area contributed by atoms with E-state index in [9.17, 15) is 13.2 Å². The SMILES string of the molecule is CCCS(=O)(=O)N[C@H]1C[C@](CNC(=O)c2ccc(Cl)cc2Cl)(CC2CC2)C1. The van der Waals surface area contributed by atoms with Gasteiger partial charge in [0.15, 0.2) is 0 Å². The van der Waals surface area contributed by atoms with Crippen molar-refractivity contribution in [2.45, 2.75) is 51.5 Å². The molecule has 0 heterocycles. The van der Waals surface area contributed by atoms with Crippen LogP contribution >= 0.6 is 23.2 Å². The Bertz CT molecular complexity index is 803. The Kier molecular flexibility index (Phi) is 6.41. The lowest BCUT2D eigenvalue weighted by atomic mass is 9.63. The second-order valence-corrected chi connectivity index (χ2v) is 10.7. The highest BCUT2D eigenvalue weighted by molar-refractivity contribution is 7.89. The summed E-state index contributed by atoms with van der Waals surface area (Å²) in [6, 6.07) is 4.79. The molecule has 0 atom stereocenters. The Morgan fingerprint density at radius 1 is 1.26 bits per heavy atom. The van der Waals surface area contributed by atoms with Gasteiger partial charge in [-0.2, -0.15) is 0 Å². The van der Waals surface area contributed by atoms with Gasteiger partial charge in [-0.25, -0.2) is 13.1 Å². The van der Waals surface area contributed by atoms with Crippen molar-refractivity contribution in [3.05, 3.63) is 33.8 Å². The molecule has 2 aliphatic rings. The van der Waals surface area contributed by atoms with Crippen molar-refractivity contribution < 1.29 is 13.2 Å². The van der Waals surface area contributed by atoms with Gasteiger partial charge in [-0.1, -0.05) is 43.0 Å². The standard InChI is InChI=1S/C19H26Cl2N2O3S/c1-2-7-27(25,26)23-15-10-19(11-15,9-13-3-4-13)12-22-18(24)16-6-5-14(20)8-17(16)21/h5-6,8,13,15,23H,2-4,7,9-12H2,1H3,(H,22,24)/t15-,19+. The molecule has 5 nitrogen and oxygen atoms in total. The summed E-state index contributed by atoms with van der Waals surface area (Å²) in [7, 11) is -3.21. The van der Waals surface area contributed by atoms with Gasteiger partial charge in [0.05, 0.1) is 16.3 Å². The molecular weight excluding hydrogens is 407 g/mol. The van der Waals surface area contributed by atoms with Crippen LogP contribution in [0.4, 0.5) is 0 Å². The van der Waals surface area contributed by atoms with Crippen LogP contribution in [0.1, 0.15) is 55.8 Å². The number of hydrogen-bond donors (Lipinski definition) is 2. The zero-order valence-corrected chi connectivity index (χ0v) is 17.8. The van der Waals surface area contributed by atoms with Crippen LogP contribution in [0, 0.1) is 11.3 Å². The maximum Gasteiger partial charge on any atom is 0.252 e. The Morgan fingerprint density at radius 3 is 2.56 bits per heavy atom. The van der Waals surface area contributed by atoms with Gasteiger partial charge in [-0.3, -0.25) is 4.79 Å². The summed E-state index contributed by atoms with van der Waals surface area (Å²) >= 11 is 12.0. The van der Waals surface area contributed by atoms with Gasteiger partial charge in [0.1, 0.15) is 0 Å². The first-order valence-electron chi connectivity index (χ1n) is 9.45. The van der Waals surface area contributed by atoms with Gasteiger partial charge in [-0.15, -0.1) is 0 Å². The first-order chi connectivity index (χ1) is 12.7. The summed E-state index contributed by atoms with van der Waals surface area (Å²) in [5, 5.41) is 3.82. The summed E-state index contributed by atoms with van der Waals surface area (Å²) in [4.78, 5) is 12.5. The zero-order valence-electron chi connectivity index (χ0n) is 15.4. The summed E-state index contributed by atoms with van der Waals surface area (Å²) in [6.45, 7) is 2.39. The van der Waals surface area contributed by atoms with Crippen LogP contribution in [0.2, 0.25) is 10.0 Å². The Morgan fingerprint density at radius 2 is 1.96 bits per heavy atom. The molecular formula is C19H26Cl2N2O3S. The smallest absolute Gasteiger partial charge is 0.252 e. The molecule has 3 rings (SSSR count). The maximum absolute atomic E-state index is 12.5. The largest absolute Gasteiger partial charge is 0.351 e. The summed E-state index contributed by atoms with van der Waals surface area (Å²) < 4.78 is 26.8. The maximum atomic E-state index is 12.5. The first kappa shape index (κ1) is 20.9. The minimum atomic E-state index is -3.21. The lowest BCUT2D eigenvalue weighted by Gasteiger charge is -2.48. The van der Waals surface area contributed by atoms with Gasteiger partial charge in [0.2, 0.25) is 10.0 Å². The van der Waals surface area contributed by atoms with Crippen molar-refractivity contribution in [3.8, 4) is 0 Å². The van der Waals surface area contributed by atoms with Crippen molar-refractivity contribution in [2.75, 3.05) is 12.3 Å². The molecule has 2 N–H and O–H groups in total. The zero-order chi connectivity index (χ0) is 19.7. The lowest BCUT2D eigenvalue weighted by molar-refractivity contribution is 0.0661. The van der Waals surface area contributed by atoms with Crippen LogP contribution in [0.25, 0.3) is 0 Å². The van der Waals surface area contributed by atoms with Crippen molar-refractivity contribution in [2.24, 2.45) is 11.3 Å². The molecule has 0 aliphatic heterocycles. The molecule has 150 valence electrons. The molecule has 2 fully saturated rings. The second-order valence-electron chi connectivity index (χ2n) is 8.00. The summed E-state index contributed by atoms with van der Waals surface area (Å²) in [5.74, 6) is 0.640. The van der Waals surface area contributed by atoms with Crippen molar-refractivity contribution in [3.63, 3.8) is 0 Å². The molecule has 0 aromatic heterocycles. The number of rotatable bonds is 9. The molecule has 1 amide bonds. The molecule has 8 heteroatoms. The molecule has 0 radical (unpaired) electrons. The number of amides is 1. The molecule has 27 heavy (non-hydrogen) atoms. The van der Waals surface area contributed by atoms with Crippen molar-refractivity contribution >= 4 is 39.1 Å². The fourth-order valence-electron chi connectivity index (χ4n) is 4.00. The van der Waals surface area contributed by atoms with Crippen molar-refractivity contribution in [1.82, 2.24) is 10.0 Å². The number of nitrogens with one attached hydrogen (secondary N) is 2. The minimum absolute atomic E-state index is 0.0312. The van der Waals surface area contributed by atoms with E-state index in [1.807, 2.05) is 6.92 Å². The first-order valence-corrected chi connectivity index (χ1v) is 11.9. The van der Waals surface area contributed by atoms with Crippen LogP contribution in [-0.2, 0) is 10.0 Å². The monoisotopic (exact) mass is 432 g/mol. The summed E-state index contributed by atoms with van der Waals surface area (Å²) in [5.41, 5.74) is 0.372. The number of carbonyl (C=O) groups excluding carboxylic acids is 1. The van der Waals surface area contributed by atoms with Crippen LogP contribution in [0.3, 0.4) is 0 Å². The normalized spacial score (nSPS) is 25.1. The molecule has 0 saturated heterocycles. The number of hydrogen-bond acceptors (Lipinski definition) is 3. The molecule has 2 aliphatic carbocycles. The highest BCUT2D eigenvalue weighted by Gasteiger charge is 2.48. The molecule has 1 aromatic rings. The molecule has 0 unspecified atom stereocenters. The van der Waals surface area contributed by atoms with Gasteiger partial charge >= 0.3 is 0 Å². The van der Waals surface area contributed by atoms with E-state index in [1.165, 1.54) is 12.8 Å². The van der Waals surface area contributed by atoms with E-state index in [0.717, 1.165) is 19.3 Å². The fraction of sp³-hybridized carbons (Fsp3) is 0.632. The fourth-order valence-corrected chi connectivity index (χ4v) is 5.83. The predicted octanol–water partition coefficient (Wildman–Crippen LogP) is 4.00. The third-order valence-electron chi connectivity index (χ3n) is 5.40. The number of carbonyl (C=O) groups is 1. The van der Waals surface area contributed by atoms with Crippen LogP contribution < -0.4 is 10.0 Å². The van der Waals surface area contributed by atoms with Gasteiger partial charge in [-0.05, 0) is 55.2 Å². The van der Waals surface area contributed by atoms with E-state index >= 15 is 0 Å². The average Bonchev–Trinajstić information content (AvgIpc) is 3.34. The summed E-state index contributed by atoms with van der Waals surface area (Å²) in [6.07, 6.45) is 5.62. The lowest BCUT2D eigenvalue weighted by Crippen LogP contribution is -2.55. The highest BCUT2D eigenvalue weighted by Crippen LogP contribution is 2.51. The Labute approximate surface area is 171 Å². The van der Waals surface area contributed by atoms with Gasteiger partial charge < -0.3 is 5.32 Å². The third kappa shape index (κ3) is 5.59. The van der Waals surface area contributed by atoms with E-state index in [2.05, 4.69) is 10.0 Å². The number of benzene rings is 1. The predicted molar refractivity (Wildman–Crippen MR) is 109 cm³/mol. The number of sulfonamides is 1. The number of halogens is 2. The van der Waals surface area contributed by atoms with E-state index in [4.69, 9.17) is 23.2 Å². The van der Waals surface area contributed by atoms with Crippen LogP contribution in [0.5, 0.6) is 0 Å². The molecule has 0 spiro atoms. The van der Waals surface area contributed by atoms with Crippen LogP contribution in [-0.4, -0.2) is 32.7 Å². The van der Waals surface area contributed by atoms with E-state index < -0.39 is 10.0 Å². The van der Waals surface area contributed by atoms with E-state index in [0.29, 0.717) is 34.5 Å². The Balaban J connectivity index is 1.59. The minimum Gasteiger partial charge on any atom is -0.351 e. The highest BCUT2D eigenvalue weighted by atomic mass is 35.5.